The summed E-state index contributed by atoms with van der Waals surface area (Å²) in [7, 11) is 0. The van der Waals surface area contributed by atoms with Crippen molar-refractivity contribution in [1.29, 1.82) is 0 Å². The summed E-state index contributed by atoms with van der Waals surface area (Å²) < 4.78 is 0. The van der Waals surface area contributed by atoms with Gasteiger partial charge >= 0.3 is 0 Å². The summed E-state index contributed by atoms with van der Waals surface area (Å²) in [5, 5.41) is 3.17. The van der Waals surface area contributed by atoms with Gasteiger partial charge in [-0.25, -0.2) is 0 Å². The molecule has 1 heterocycles. The topological polar surface area (TPSA) is 58.4 Å². The van der Waals surface area contributed by atoms with E-state index in [4.69, 9.17) is 5.73 Å². The van der Waals surface area contributed by atoms with Gasteiger partial charge in [0.2, 0.25) is 5.91 Å². The second kappa shape index (κ2) is 9.88. The van der Waals surface area contributed by atoms with Crippen LogP contribution in [-0.2, 0) is 4.79 Å². The van der Waals surface area contributed by atoms with Gasteiger partial charge in [0.25, 0.3) is 0 Å². The van der Waals surface area contributed by atoms with E-state index >= 15 is 0 Å². The lowest BCUT2D eigenvalue weighted by atomic mass is 9.99. The molecular formula is C15H31Cl2N3O. The highest BCUT2D eigenvalue weighted by molar-refractivity contribution is 5.85. The molecule has 0 spiro atoms. The fraction of sp³-hybridized carbons (Fsp3) is 0.933. The van der Waals surface area contributed by atoms with Crippen molar-refractivity contribution in [2.24, 2.45) is 11.7 Å². The summed E-state index contributed by atoms with van der Waals surface area (Å²) in [6.45, 7) is 6.09. The highest BCUT2D eigenvalue weighted by Gasteiger charge is 2.28. The first-order chi connectivity index (χ1) is 9.08. The second-order valence-corrected chi connectivity index (χ2v) is 6.40. The number of halogens is 2. The standard InChI is InChI=1S/C15H29N3O.2ClH/c1-11(12(2)16)15(19)17-13-7-9-18(10-8-13)14-5-3-4-6-14;;/h11-14H,3-10,16H2,1-2H3,(H,17,19);2*1H. The summed E-state index contributed by atoms with van der Waals surface area (Å²) >= 11 is 0. The first-order valence-electron chi connectivity index (χ1n) is 7.88. The number of likely N-dealkylation sites (tertiary alicyclic amines) is 1. The molecule has 21 heavy (non-hydrogen) atoms. The smallest absolute Gasteiger partial charge is 0.224 e. The average molecular weight is 340 g/mol. The predicted molar refractivity (Wildman–Crippen MR) is 92.3 cm³/mol. The SMILES string of the molecule is CC(N)C(C)C(=O)NC1CCN(C2CCCC2)CC1.Cl.Cl. The lowest BCUT2D eigenvalue weighted by Crippen LogP contribution is -2.49. The molecule has 2 unspecified atom stereocenters. The van der Waals surface area contributed by atoms with Crippen LogP contribution in [0.2, 0.25) is 0 Å². The van der Waals surface area contributed by atoms with Gasteiger partial charge in [0, 0.05) is 37.1 Å². The molecule has 0 aromatic carbocycles. The quantitative estimate of drug-likeness (QED) is 0.826. The first kappa shape index (κ1) is 21.0. The first-order valence-corrected chi connectivity index (χ1v) is 7.88. The Morgan fingerprint density at radius 3 is 2.10 bits per heavy atom. The van der Waals surface area contributed by atoms with Crippen molar-refractivity contribution in [1.82, 2.24) is 10.2 Å². The monoisotopic (exact) mass is 339 g/mol. The van der Waals surface area contributed by atoms with Crippen LogP contribution in [-0.4, -0.2) is 42.0 Å². The second-order valence-electron chi connectivity index (χ2n) is 6.40. The largest absolute Gasteiger partial charge is 0.353 e. The molecule has 1 amide bonds. The normalized spacial score (nSPS) is 23.8. The maximum absolute atomic E-state index is 12.0. The van der Waals surface area contributed by atoms with Gasteiger partial charge in [0.1, 0.15) is 0 Å². The van der Waals surface area contributed by atoms with Crippen LogP contribution in [0.5, 0.6) is 0 Å². The summed E-state index contributed by atoms with van der Waals surface area (Å²) in [5.74, 6) is 0.0298. The van der Waals surface area contributed by atoms with E-state index in [2.05, 4.69) is 10.2 Å². The number of nitrogens with one attached hydrogen (secondary N) is 1. The highest BCUT2D eigenvalue weighted by atomic mass is 35.5. The van der Waals surface area contributed by atoms with E-state index in [0.29, 0.717) is 6.04 Å². The number of nitrogens with zero attached hydrogens (tertiary/aromatic N) is 1. The van der Waals surface area contributed by atoms with Gasteiger partial charge in [-0.1, -0.05) is 19.8 Å². The number of rotatable bonds is 4. The predicted octanol–water partition coefficient (Wildman–Crippen LogP) is 2.34. The van der Waals surface area contributed by atoms with Gasteiger partial charge in [-0.05, 0) is 32.6 Å². The van der Waals surface area contributed by atoms with Crippen LogP contribution < -0.4 is 11.1 Å². The van der Waals surface area contributed by atoms with Crippen molar-refractivity contribution in [3.8, 4) is 0 Å². The van der Waals surface area contributed by atoms with Crippen LogP contribution in [0.25, 0.3) is 0 Å². The molecule has 2 aliphatic rings. The zero-order valence-corrected chi connectivity index (χ0v) is 14.8. The molecule has 1 saturated heterocycles. The van der Waals surface area contributed by atoms with E-state index < -0.39 is 0 Å². The van der Waals surface area contributed by atoms with Gasteiger partial charge in [-0.2, -0.15) is 0 Å². The lowest BCUT2D eigenvalue weighted by Gasteiger charge is -2.36. The minimum absolute atomic E-state index is 0. The molecule has 2 rings (SSSR count). The number of carbonyl (C=O) groups is 1. The van der Waals surface area contributed by atoms with Crippen molar-refractivity contribution in [2.75, 3.05) is 13.1 Å². The Hall–Kier alpha value is -0.0300. The van der Waals surface area contributed by atoms with E-state index in [-0.39, 0.29) is 42.7 Å². The molecular weight excluding hydrogens is 309 g/mol. The van der Waals surface area contributed by atoms with E-state index in [0.717, 1.165) is 32.0 Å². The van der Waals surface area contributed by atoms with Crippen LogP contribution in [0.15, 0.2) is 0 Å². The van der Waals surface area contributed by atoms with Gasteiger partial charge < -0.3 is 16.0 Å². The maximum atomic E-state index is 12.0. The van der Waals surface area contributed by atoms with E-state index in [1.807, 2.05) is 13.8 Å². The van der Waals surface area contributed by atoms with Crippen LogP contribution in [0.1, 0.15) is 52.4 Å². The third-order valence-corrected chi connectivity index (χ3v) is 4.92. The third-order valence-electron chi connectivity index (χ3n) is 4.92. The molecule has 126 valence electrons. The maximum Gasteiger partial charge on any atom is 0.224 e. The summed E-state index contributed by atoms with van der Waals surface area (Å²) in [5.41, 5.74) is 5.78. The van der Waals surface area contributed by atoms with E-state index in [1.54, 1.807) is 0 Å². The molecule has 6 heteroatoms. The summed E-state index contributed by atoms with van der Waals surface area (Å²) in [4.78, 5) is 14.6. The number of piperidine rings is 1. The fourth-order valence-corrected chi connectivity index (χ4v) is 3.25. The van der Waals surface area contributed by atoms with Crippen molar-refractivity contribution in [3.05, 3.63) is 0 Å². The molecule has 1 aliphatic carbocycles. The zero-order valence-electron chi connectivity index (χ0n) is 13.2. The molecule has 1 saturated carbocycles. The number of amides is 1. The Labute approximate surface area is 141 Å². The van der Waals surface area contributed by atoms with Crippen LogP contribution in [0.3, 0.4) is 0 Å². The fourth-order valence-electron chi connectivity index (χ4n) is 3.25. The van der Waals surface area contributed by atoms with Crippen molar-refractivity contribution >= 4 is 30.7 Å². The summed E-state index contributed by atoms with van der Waals surface area (Å²) in [6.07, 6.45) is 7.72. The van der Waals surface area contributed by atoms with Gasteiger partial charge in [0.05, 0.1) is 0 Å². The number of hydrogen-bond donors (Lipinski definition) is 2. The molecule has 0 radical (unpaired) electrons. The van der Waals surface area contributed by atoms with Crippen LogP contribution in [0, 0.1) is 5.92 Å². The van der Waals surface area contributed by atoms with Crippen LogP contribution in [0.4, 0.5) is 0 Å². The zero-order chi connectivity index (χ0) is 13.8. The minimum atomic E-state index is -0.0899. The van der Waals surface area contributed by atoms with Gasteiger partial charge in [-0.15, -0.1) is 24.8 Å². The number of hydrogen-bond acceptors (Lipinski definition) is 3. The van der Waals surface area contributed by atoms with E-state index in [9.17, 15) is 4.79 Å². The van der Waals surface area contributed by atoms with Gasteiger partial charge in [-0.3, -0.25) is 4.79 Å². The molecule has 4 nitrogen and oxygen atoms in total. The molecule has 2 atom stereocenters. The van der Waals surface area contributed by atoms with Crippen molar-refractivity contribution < 1.29 is 4.79 Å². The average Bonchev–Trinajstić information content (AvgIpc) is 2.92. The third kappa shape index (κ3) is 5.93. The van der Waals surface area contributed by atoms with Crippen LogP contribution >= 0.6 is 24.8 Å². The number of nitrogens with two attached hydrogens (primary N) is 1. The lowest BCUT2D eigenvalue weighted by molar-refractivity contribution is -0.126. The molecule has 0 aromatic heterocycles. The Morgan fingerprint density at radius 2 is 1.62 bits per heavy atom. The van der Waals surface area contributed by atoms with Crippen molar-refractivity contribution in [3.63, 3.8) is 0 Å². The number of carbonyl (C=O) groups excluding carboxylic acids is 1. The summed E-state index contributed by atoms with van der Waals surface area (Å²) in [6, 6.07) is 1.10. The van der Waals surface area contributed by atoms with E-state index in [1.165, 1.54) is 25.7 Å². The van der Waals surface area contributed by atoms with Gasteiger partial charge in [0.15, 0.2) is 0 Å². The Balaban J connectivity index is 0.00000200. The highest BCUT2D eigenvalue weighted by Crippen LogP contribution is 2.26. The molecule has 3 N–H and O–H groups in total. The molecule has 1 aliphatic heterocycles. The Bertz CT molecular complexity index is 301. The van der Waals surface area contributed by atoms with Crippen molar-refractivity contribution in [2.45, 2.75) is 70.5 Å². The Morgan fingerprint density at radius 1 is 1.10 bits per heavy atom. The molecule has 0 bridgehead atoms. The molecule has 0 aromatic rings. The molecule has 2 fully saturated rings. The Kier molecular flexibility index (Phi) is 9.87. The minimum Gasteiger partial charge on any atom is -0.353 e.